The summed E-state index contributed by atoms with van der Waals surface area (Å²) in [5, 5.41) is 8.55. The SMILES string of the molecule is NNCc1ccc(CCc2ccc(CNO)o2)o1. The average Bonchev–Trinajstić information content (AvgIpc) is 2.97. The molecule has 0 saturated carbocycles. The minimum Gasteiger partial charge on any atom is -0.465 e. The molecule has 6 nitrogen and oxygen atoms in total. The lowest BCUT2D eigenvalue weighted by molar-refractivity contribution is 0.152. The molecule has 0 radical (unpaired) electrons. The molecule has 0 saturated heterocycles. The van der Waals surface area contributed by atoms with E-state index in [1.807, 2.05) is 24.3 Å². The van der Waals surface area contributed by atoms with Gasteiger partial charge in [-0.1, -0.05) is 0 Å². The van der Waals surface area contributed by atoms with Crippen LogP contribution in [0.1, 0.15) is 23.0 Å². The van der Waals surface area contributed by atoms with Crippen LogP contribution < -0.4 is 16.7 Å². The first kappa shape index (κ1) is 12.8. The van der Waals surface area contributed by atoms with Crippen LogP contribution in [0.2, 0.25) is 0 Å². The van der Waals surface area contributed by atoms with Crippen LogP contribution in [0.5, 0.6) is 0 Å². The van der Waals surface area contributed by atoms with Crippen molar-refractivity contribution in [3.8, 4) is 0 Å². The Kier molecular flexibility index (Phi) is 4.54. The molecule has 2 aromatic heterocycles. The van der Waals surface area contributed by atoms with Crippen molar-refractivity contribution in [2.45, 2.75) is 25.9 Å². The van der Waals surface area contributed by atoms with Gasteiger partial charge in [-0.3, -0.25) is 11.3 Å². The number of hydrogen-bond donors (Lipinski definition) is 4. The molecule has 5 N–H and O–H groups in total. The van der Waals surface area contributed by atoms with Crippen molar-refractivity contribution in [3.05, 3.63) is 47.3 Å². The fourth-order valence-electron chi connectivity index (χ4n) is 1.73. The lowest BCUT2D eigenvalue weighted by Crippen LogP contribution is -2.20. The van der Waals surface area contributed by atoms with Gasteiger partial charge in [-0.25, -0.2) is 0 Å². The van der Waals surface area contributed by atoms with E-state index in [0.717, 1.165) is 30.1 Å². The first-order valence-electron chi connectivity index (χ1n) is 5.77. The van der Waals surface area contributed by atoms with E-state index in [1.54, 1.807) is 0 Å². The second-order valence-electron chi connectivity index (χ2n) is 3.95. The summed E-state index contributed by atoms with van der Waals surface area (Å²) in [7, 11) is 0. The van der Waals surface area contributed by atoms with Crippen molar-refractivity contribution in [3.63, 3.8) is 0 Å². The predicted octanol–water partition coefficient (Wildman–Crippen LogP) is 1.10. The quantitative estimate of drug-likeness (QED) is 0.434. The molecule has 0 unspecified atom stereocenters. The topological polar surface area (TPSA) is 96.6 Å². The third-order valence-electron chi connectivity index (χ3n) is 2.58. The smallest absolute Gasteiger partial charge is 0.120 e. The highest BCUT2D eigenvalue weighted by atomic mass is 16.5. The Bertz CT molecular complexity index is 434. The fraction of sp³-hybridized carbons (Fsp3) is 0.333. The van der Waals surface area contributed by atoms with Gasteiger partial charge in [0, 0.05) is 12.8 Å². The van der Waals surface area contributed by atoms with E-state index in [0.29, 0.717) is 18.8 Å². The third kappa shape index (κ3) is 3.44. The van der Waals surface area contributed by atoms with Gasteiger partial charge in [-0.2, -0.15) is 5.48 Å². The number of hydroxylamine groups is 1. The average molecular weight is 251 g/mol. The van der Waals surface area contributed by atoms with Gasteiger partial charge in [0.15, 0.2) is 0 Å². The van der Waals surface area contributed by atoms with Gasteiger partial charge in [-0.05, 0) is 24.3 Å². The number of hydrazine groups is 1. The summed E-state index contributed by atoms with van der Waals surface area (Å²) in [5.41, 5.74) is 4.60. The highest BCUT2D eigenvalue weighted by Crippen LogP contribution is 2.13. The number of hydrogen-bond acceptors (Lipinski definition) is 6. The molecule has 2 aromatic rings. The fourth-order valence-corrected chi connectivity index (χ4v) is 1.73. The minimum atomic E-state index is 0.313. The third-order valence-corrected chi connectivity index (χ3v) is 2.58. The largest absolute Gasteiger partial charge is 0.465 e. The molecule has 0 spiro atoms. The Balaban J connectivity index is 1.85. The first-order chi connectivity index (χ1) is 8.81. The first-order valence-corrected chi connectivity index (χ1v) is 5.77. The molecule has 2 rings (SSSR count). The molecule has 0 amide bonds. The Morgan fingerprint density at radius 2 is 1.39 bits per heavy atom. The maximum atomic E-state index is 8.55. The van der Waals surface area contributed by atoms with Crippen LogP contribution in [-0.2, 0) is 25.9 Å². The van der Waals surface area contributed by atoms with Gasteiger partial charge in [-0.15, -0.1) is 0 Å². The zero-order chi connectivity index (χ0) is 12.8. The molecule has 6 heteroatoms. The highest BCUT2D eigenvalue weighted by Gasteiger charge is 2.05. The van der Waals surface area contributed by atoms with Crippen molar-refractivity contribution >= 4 is 0 Å². The molecule has 0 fully saturated rings. The summed E-state index contributed by atoms with van der Waals surface area (Å²) in [6.45, 7) is 0.833. The van der Waals surface area contributed by atoms with Crippen LogP contribution in [0.25, 0.3) is 0 Å². The van der Waals surface area contributed by atoms with E-state index in [1.165, 1.54) is 0 Å². The second kappa shape index (κ2) is 6.36. The van der Waals surface area contributed by atoms with Crippen molar-refractivity contribution < 1.29 is 14.0 Å². The van der Waals surface area contributed by atoms with Gasteiger partial charge in [0.2, 0.25) is 0 Å². The predicted molar refractivity (Wildman–Crippen MR) is 64.5 cm³/mol. The number of nitrogens with two attached hydrogens (primary N) is 1. The summed E-state index contributed by atoms with van der Waals surface area (Å²) in [6, 6.07) is 7.58. The van der Waals surface area contributed by atoms with Crippen LogP contribution >= 0.6 is 0 Å². The van der Waals surface area contributed by atoms with E-state index in [2.05, 4.69) is 10.9 Å². The molecular weight excluding hydrogens is 234 g/mol. The molecule has 0 bridgehead atoms. The Morgan fingerprint density at radius 1 is 0.889 bits per heavy atom. The molecular formula is C12H17N3O3. The standard InChI is InChI=1S/C12H17N3O3/c13-14-7-11-5-3-9(17-11)1-2-10-4-6-12(18-10)8-15-16/h3-6,14-16H,1-2,7-8,13H2. The summed E-state index contributed by atoms with van der Waals surface area (Å²) in [5.74, 6) is 8.51. The highest BCUT2D eigenvalue weighted by molar-refractivity contribution is 5.11. The summed E-state index contributed by atoms with van der Waals surface area (Å²) >= 11 is 0. The van der Waals surface area contributed by atoms with Gasteiger partial charge >= 0.3 is 0 Å². The molecule has 0 aromatic carbocycles. The van der Waals surface area contributed by atoms with Gasteiger partial charge < -0.3 is 14.0 Å². The number of aryl methyl sites for hydroxylation is 2. The normalized spacial score (nSPS) is 11.0. The van der Waals surface area contributed by atoms with Crippen LogP contribution in [-0.4, -0.2) is 5.21 Å². The van der Waals surface area contributed by atoms with Crippen LogP contribution in [0.3, 0.4) is 0 Å². The summed E-state index contributed by atoms with van der Waals surface area (Å²) in [4.78, 5) is 0. The Morgan fingerprint density at radius 3 is 1.89 bits per heavy atom. The van der Waals surface area contributed by atoms with E-state index in [9.17, 15) is 0 Å². The molecule has 98 valence electrons. The van der Waals surface area contributed by atoms with Gasteiger partial charge in [0.1, 0.15) is 23.0 Å². The molecule has 0 aliphatic heterocycles. The van der Waals surface area contributed by atoms with Crippen molar-refractivity contribution in [1.82, 2.24) is 10.9 Å². The maximum absolute atomic E-state index is 8.55. The number of furan rings is 2. The lowest BCUT2D eigenvalue weighted by Gasteiger charge is -1.97. The monoisotopic (exact) mass is 251 g/mol. The zero-order valence-corrected chi connectivity index (χ0v) is 9.98. The Labute approximate surface area is 105 Å². The minimum absolute atomic E-state index is 0.313. The lowest BCUT2D eigenvalue weighted by atomic mass is 10.2. The van der Waals surface area contributed by atoms with Crippen LogP contribution in [0.15, 0.2) is 33.1 Å². The molecule has 0 aliphatic carbocycles. The molecule has 0 atom stereocenters. The molecule has 0 aliphatic rings. The Hall–Kier alpha value is -1.60. The van der Waals surface area contributed by atoms with Crippen LogP contribution in [0.4, 0.5) is 0 Å². The van der Waals surface area contributed by atoms with E-state index in [-0.39, 0.29) is 0 Å². The summed E-state index contributed by atoms with van der Waals surface area (Å²) < 4.78 is 11.1. The van der Waals surface area contributed by atoms with Gasteiger partial charge in [0.05, 0.1) is 13.1 Å². The van der Waals surface area contributed by atoms with E-state index >= 15 is 0 Å². The van der Waals surface area contributed by atoms with Crippen molar-refractivity contribution in [1.29, 1.82) is 0 Å². The van der Waals surface area contributed by atoms with E-state index in [4.69, 9.17) is 19.9 Å². The number of rotatable bonds is 7. The summed E-state index contributed by atoms with van der Waals surface area (Å²) in [6.07, 6.45) is 1.53. The number of nitrogens with one attached hydrogen (secondary N) is 2. The zero-order valence-electron chi connectivity index (χ0n) is 9.98. The molecule has 18 heavy (non-hydrogen) atoms. The molecule has 2 heterocycles. The van der Waals surface area contributed by atoms with E-state index < -0.39 is 0 Å². The van der Waals surface area contributed by atoms with Crippen molar-refractivity contribution in [2.24, 2.45) is 5.84 Å². The van der Waals surface area contributed by atoms with Gasteiger partial charge in [0.25, 0.3) is 0 Å². The van der Waals surface area contributed by atoms with Crippen LogP contribution in [0, 0.1) is 0 Å². The van der Waals surface area contributed by atoms with Crippen molar-refractivity contribution in [2.75, 3.05) is 0 Å². The maximum Gasteiger partial charge on any atom is 0.120 e. The second-order valence-corrected chi connectivity index (χ2v) is 3.95.